The summed E-state index contributed by atoms with van der Waals surface area (Å²) >= 11 is 12.2. The number of hydrogen-bond acceptors (Lipinski definition) is 5. The number of anilines is 1. The molecule has 1 aliphatic rings. The lowest BCUT2D eigenvalue weighted by molar-refractivity contribution is 0.173. The highest BCUT2D eigenvalue weighted by molar-refractivity contribution is 6.36. The second-order valence-electron chi connectivity index (χ2n) is 6.69. The smallest absolute Gasteiger partial charge is 0.166 e. The fourth-order valence-corrected chi connectivity index (χ4v) is 3.96. The van der Waals surface area contributed by atoms with E-state index in [-0.39, 0.29) is 10.8 Å². The first kappa shape index (κ1) is 19.0. The van der Waals surface area contributed by atoms with Crippen LogP contribution in [0.5, 0.6) is 5.75 Å². The van der Waals surface area contributed by atoms with Crippen LogP contribution in [0.15, 0.2) is 30.5 Å². The maximum atomic E-state index is 13.8. The normalized spacial score (nSPS) is 16.8. The third-order valence-electron chi connectivity index (χ3n) is 4.66. The van der Waals surface area contributed by atoms with E-state index in [0.717, 1.165) is 5.69 Å². The Hall–Kier alpha value is -2.35. The maximum Gasteiger partial charge on any atom is 0.166 e. The van der Waals surface area contributed by atoms with Crippen LogP contribution in [0, 0.1) is 5.82 Å². The van der Waals surface area contributed by atoms with E-state index < -0.39 is 18.0 Å². The number of hydrogen-bond donors (Lipinski definition) is 2. The number of halogens is 3. The SMILES string of the molecule is C[C@@H](Oc1cc(-c2cc3n(n2)CC(O)C3)cnc1N)c1c(Cl)ccc(F)c1Cl. The lowest BCUT2D eigenvalue weighted by atomic mass is 10.1. The molecule has 3 aromatic rings. The summed E-state index contributed by atoms with van der Waals surface area (Å²) in [6.45, 7) is 2.17. The summed E-state index contributed by atoms with van der Waals surface area (Å²) in [5.41, 5.74) is 8.66. The first-order valence-corrected chi connectivity index (χ1v) is 9.39. The number of nitrogen functional groups attached to an aromatic ring is 1. The second-order valence-corrected chi connectivity index (χ2v) is 7.47. The zero-order valence-electron chi connectivity index (χ0n) is 14.9. The monoisotopic (exact) mass is 422 g/mol. The van der Waals surface area contributed by atoms with E-state index in [2.05, 4.69) is 10.1 Å². The topological polar surface area (TPSA) is 86.2 Å². The molecule has 4 rings (SSSR count). The van der Waals surface area contributed by atoms with Crippen LogP contribution in [0.1, 0.15) is 24.3 Å². The predicted molar refractivity (Wildman–Crippen MR) is 105 cm³/mol. The number of aliphatic hydroxyl groups excluding tert-OH is 1. The van der Waals surface area contributed by atoms with E-state index in [4.69, 9.17) is 33.7 Å². The van der Waals surface area contributed by atoms with Crippen LogP contribution in [0.2, 0.25) is 10.0 Å². The molecule has 0 bridgehead atoms. The molecule has 0 amide bonds. The summed E-state index contributed by atoms with van der Waals surface area (Å²) in [5.74, 6) is -0.0814. The van der Waals surface area contributed by atoms with Crippen molar-refractivity contribution in [3.05, 3.63) is 57.6 Å². The lowest BCUT2D eigenvalue weighted by Gasteiger charge is -2.19. The number of pyridine rings is 1. The van der Waals surface area contributed by atoms with Crippen LogP contribution >= 0.6 is 23.2 Å². The standard InChI is InChI=1S/C19H17Cl2FN4O2/c1-9(17-13(20)2-3-14(22)18(17)21)28-16-4-10(7-24-19(16)23)15-6-11-5-12(27)8-26(11)25-15/h2-4,6-7,9,12,27H,5,8H2,1H3,(H2,23,24)/t9-,12?/m1/s1. The summed E-state index contributed by atoms with van der Waals surface area (Å²) < 4.78 is 21.5. The molecule has 28 heavy (non-hydrogen) atoms. The van der Waals surface area contributed by atoms with Gasteiger partial charge in [-0.3, -0.25) is 4.68 Å². The summed E-state index contributed by atoms with van der Waals surface area (Å²) in [5, 5.41) is 14.4. The van der Waals surface area contributed by atoms with Crippen molar-refractivity contribution < 1.29 is 14.2 Å². The van der Waals surface area contributed by atoms with Gasteiger partial charge in [-0.25, -0.2) is 9.37 Å². The van der Waals surface area contributed by atoms with Gasteiger partial charge in [-0.05, 0) is 31.2 Å². The second kappa shape index (κ2) is 7.24. The Morgan fingerprint density at radius 3 is 2.89 bits per heavy atom. The fraction of sp³-hybridized carbons (Fsp3) is 0.263. The van der Waals surface area contributed by atoms with E-state index in [1.807, 2.05) is 6.07 Å². The van der Waals surface area contributed by atoms with Crippen molar-refractivity contribution in [3.8, 4) is 17.0 Å². The van der Waals surface area contributed by atoms with E-state index in [9.17, 15) is 9.50 Å². The molecule has 0 radical (unpaired) electrons. The lowest BCUT2D eigenvalue weighted by Crippen LogP contribution is -2.09. The molecule has 0 spiro atoms. The van der Waals surface area contributed by atoms with Gasteiger partial charge in [0, 0.05) is 34.5 Å². The van der Waals surface area contributed by atoms with E-state index >= 15 is 0 Å². The van der Waals surface area contributed by atoms with Crippen LogP contribution in [-0.2, 0) is 13.0 Å². The number of nitrogens with zero attached hydrogens (tertiary/aromatic N) is 3. The van der Waals surface area contributed by atoms with Gasteiger partial charge >= 0.3 is 0 Å². The van der Waals surface area contributed by atoms with Gasteiger partial charge in [0.15, 0.2) is 11.6 Å². The third kappa shape index (κ3) is 3.41. The molecular weight excluding hydrogens is 406 g/mol. The highest BCUT2D eigenvalue weighted by Crippen LogP contribution is 2.37. The fourth-order valence-electron chi connectivity index (χ4n) is 3.28. The number of rotatable bonds is 4. The number of benzene rings is 1. The van der Waals surface area contributed by atoms with E-state index in [0.29, 0.717) is 40.6 Å². The molecule has 0 saturated carbocycles. The van der Waals surface area contributed by atoms with Gasteiger partial charge in [0.25, 0.3) is 0 Å². The third-order valence-corrected chi connectivity index (χ3v) is 5.37. The Balaban J connectivity index is 1.63. The van der Waals surface area contributed by atoms with Crippen molar-refractivity contribution in [1.82, 2.24) is 14.8 Å². The minimum absolute atomic E-state index is 0.0910. The van der Waals surface area contributed by atoms with Crippen LogP contribution < -0.4 is 10.5 Å². The molecule has 146 valence electrons. The Morgan fingerprint density at radius 1 is 1.36 bits per heavy atom. The van der Waals surface area contributed by atoms with Gasteiger partial charge in [0.1, 0.15) is 11.9 Å². The average molecular weight is 423 g/mol. The molecular formula is C19H17Cl2FN4O2. The molecule has 9 heteroatoms. The number of fused-ring (bicyclic) bond motifs is 1. The molecule has 0 aliphatic carbocycles. The van der Waals surface area contributed by atoms with Crippen LogP contribution in [0.4, 0.5) is 10.2 Å². The van der Waals surface area contributed by atoms with Crippen molar-refractivity contribution in [2.24, 2.45) is 0 Å². The van der Waals surface area contributed by atoms with E-state index in [1.54, 1.807) is 23.9 Å². The Kier molecular flexibility index (Phi) is 4.91. The van der Waals surface area contributed by atoms with Gasteiger partial charge in [0.2, 0.25) is 0 Å². The first-order chi connectivity index (χ1) is 13.3. The molecule has 1 aromatic carbocycles. The molecule has 1 aliphatic heterocycles. The molecule has 2 aromatic heterocycles. The molecule has 2 atom stereocenters. The molecule has 6 nitrogen and oxygen atoms in total. The van der Waals surface area contributed by atoms with E-state index in [1.165, 1.54) is 12.1 Å². The summed E-state index contributed by atoms with van der Waals surface area (Å²) in [7, 11) is 0. The van der Waals surface area contributed by atoms with Gasteiger partial charge in [0.05, 0.1) is 23.4 Å². The molecule has 0 saturated heterocycles. The Bertz CT molecular complexity index is 1030. The maximum absolute atomic E-state index is 13.8. The van der Waals surface area contributed by atoms with Gasteiger partial charge in [-0.1, -0.05) is 23.2 Å². The summed E-state index contributed by atoms with van der Waals surface area (Å²) in [6.07, 6.45) is 1.11. The van der Waals surface area contributed by atoms with Crippen LogP contribution in [0.25, 0.3) is 11.3 Å². The summed E-state index contributed by atoms with van der Waals surface area (Å²) in [4.78, 5) is 4.18. The zero-order chi connectivity index (χ0) is 20.0. The molecule has 1 unspecified atom stereocenters. The molecule has 3 N–H and O–H groups in total. The number of aromatic nitrogens is 3. The number of ether oxygens (including phenoxy) is 1. The average Bonchev–Trinajstić information content (AvgIpc) is 3.18. The minimum Gasteiger partial charge on any atom is -0.482 e. The number of aliphatic hydroxyl groups is 1. The van der Waals surface area contributed by atoms with Crippen molar-refractivity contribution >= 4 is 29.0 Å². The van der Waals surface area contributed by atoms with Crippen molar-refractivity contribution in [2.75, 3.05) is 5.73 Å². The number of nitrogens with two attached hydrogens (primary N) is 1. The molecule has 0 fully saturated rings. The summed E-state index contributed by atoms with van der Waals surface area (Å²) in [6, 6.07) is 6.24. The Morgan fingerprint density at radius 2 is 2.14 bits per heavy atom. The van der Waals surface area contributed by atoms with Crippen LogP contribution in [-0.4, -0.2) is 26.0 Å². The molecule has 3 heterocycles. The predicted octanol–water partition coefficient (Wildman–Crippen LogP) is 4.03. The van der Waals surface area contributed by atoms with Crippen molar-refractivity contribution in [1.29, 1.82) is 0 Å². The highest BCUT2D eigenvalue weighted by Gasteiger charge is 2.23. The zero-order valence-corrected chi connectivity index (χ0v) is 16.4. The minimum atomic E-state index is -0.655. The largest absolute Gasteiger partial charge is 0.482 e. The quantitative estimate of drug-likeness (QED) is 0.619. The van der Waals surface area contributed by atoms with Crippen molar-refractivity contribution in [3.63, 3.8) is 0 Å². The van der Waals surface area contributed by atoms with Gasteiger partial charge < -0.3 is 15.6 Å². The highest BCUT2D eigenvalue weighted by atomic mass is 35.5. The first-order valence-electron chi connectivity index (χ1n) is 8.64. The van der Waals surface area contributed by atoms with Crippen LogP contribution in [0.3, 0.4) is 0 Å². The van der Waals surface area contributed by atoms with Gasteiger partial charge in [-0.15, -0.1) is 0 Å². The van der Waals surface area contributed by atoms with Gasteiger partial charge in [-0.2, -0.15) is 5.10 Å². The Labute approximate surface area is 170 Å². The van der Waals surface area contributed by atoms with Crippen molar-refractivity contribution in [2.45, 2.75) is 32.1 Å².